The summed E-state index contributed by atoms with van der Waals surface area (Å²) >= 11 is 1.53. The number of thiazole rings is 1. The van der Waals surface area contributed by atoms with Gasteiger partial charge in [-0.05, 0) is 13.0 Å². The van der Waals surface area contributed by atoms with Crippen LogP contribution in [0.4, 0.5) is 0 Å². The number of para-hydroxylation sites is 1. The molecule has 104 valence electrons. The van der Waals surface area contributed by atoms with Crippen LogP contribution in [0.3, 0.4) is 0 Å². The molecular weight excluding hydrogens is 274 g/mol. The van der Waals surface area contributed by atoms with Gasteiger partial charge in [0.2, 0.25) is 6.10 Å². The highest BCUT2D eigenvalue weighted by Gasteiger charge is 2.37. The first-order valence-electron chi connectivity index (χ1n) is 6.48. The van der Waals surface area contributed by atoms with Crippen molar-refractivity contribution in [1.29, 1.82) is 0 Å². The van der Waals surface area contributed by atoms with Gasteiger partial charge in [0, 0.05) is 17.7 Å². The summed E-state index contributed by atoms with van der Waals surface area (Å²) in [4.78, 5) is 17.2. The molecular formula is C15H15NO3S. The fourth-order valence-corrected chi connectivity index (χ4v) is 3.02. The lowest BCUT2D eigenvalue weighted by Gasteiger charge is -2.13. The third-order valence-corrected chi connectivity index (χ3v) is 4.26. The van der Waals surface area contributed by atoms with Crippen LogP contribution in [0.15, 0.2) is 30.5 Å². The van der Waals surface area contributed by atoms with Crippen LogP contribution in [0.1, 0.15) is 28.3 Å². The third-order valence-electron chi connectivity index (χ3n) is 3.38. The summed E-state index contributed by atoms with van der Waals surface area (Å²) in [6.07, 6.45) is 1.18. The van der Waals surface area contributed by atoms with Gasteiger partial charge in [0.1, 0.15) is 12.4 Å². The van der Waals surface area contributed by atoms with E-state index in [2.05, 4.69) is 4.98 Å². The van der Waals surface area contributed by atoms with E-state index in [-0.39, 0.29) is 18.5 Å². The van der Waals surface area contributed by atoms with Crippen LogP contribution in [0, 0.1) is 6.92 Å². The highest BCUT2D eigenvalue weighted by molar-refractivity contribution is 7.11. The normalized spacial score (nSPS) is 20.3. The number of nitrogens with zero attached hydrogens (tertiary/aromatic N) is 1. The second kappa shape index (κ2) is 5.25. The zero-order chi connectivity index (χ0) is 14.1. The van der Waals surface area contributed by atoms with Crippen molar-refractivity contribution < 1.29 is 14.3 Å². The minimum atomic E-state index is -0.554. The Morgan fingerprint density at radius 3 is 2.95 bits per heavy atom. The second-order valence-corrected chi connectivity index (χ2v) is 6.14. The molecule has 0 spiro atoms. The van der Waals surface area contributed by atoms with E-state index in [1.165, 1.54) is 11.3 Å². The predicted octanol–water partition coefficient (Wildman–Crippen LogP) is 3.06. The first-order valence-corrected chi connectivity index (χ1v) is 7.30. The van der Waals surface area contributed by atoms with Gasteiger partial charge in [-0.1, -0.05) is 25.1 Å². The number of benzene rings is 1. The number of carbonyl (C=O) groups excluding carboxylic acids is 1. The van der Waals surface area contributed by atoms with Gasteiger partial charge in [0.25, 0.3) is 0 Å². The van der Waals surface area contributed by atoms with Gasteiger partial charge < -0.3 is 9.47 Å². The molecule has 0 saturated heterocycles. The number of hydrogen-bond donors (Lipinski definition) is 0. The van der Waals surface area contributed by atoms with Gasteiger partial charge in [-0.3, -0.25) is 0 Å². The Bertz CT molecular complexity index is 638. The molecule has 0 radical (unpaired) electrons. The molecule has 0 unspecified atom stereocenters. The maximum absolute atomic E-state index is 12.1. The van der Waals surface area contributed by atoms with Crippen molar-refractivity contribution in [2.75, 3.05) is 0 Å². The van der Waals surface area contributed by atoms with Crippen molar-refractivity contribution in [3.8, 4) is 5.75 Å². The van der Waals surface area contributed by atoms with Gasteiger partial charge in [0.05, 0.1) is 9.88 Å². The average Bonchev–Trinajstić information content (AvgIpc) is 3.01. The number of fused-ring (bicyclic) bond motifs is 1. The van der Waals surface area contributed by atoms with Crippen LogP contribution in [-0.2, 0) is 16.1 Å². The Kier molecular flexibility index (Phi) is 3.44. The van der Waals surface area contributed by atoms with Crippen molar-refractivity contribution in [2.45, 2.75) is 32.5 Å². The van der Waals surface area contributed by atoms with Crippen molar-refractivity contribution in [2.24, 2.45) is 0 Å². The number of rotatable bonds is 3. The van der Waals surface area contributed by atoms with Crippen molar-refractivity contribution in [3.63, 3.8) is 0 Å². The number of hydrogen-bond acceptors (Lipinski definition) is 5. The standard InChI is InChI=1S/C15H15NO3S/c1-9-12-5-3-4-6-13(12)19-14(9)15(17)18-8-11-7-16-10(2)20-11/h3-7,9,14H,8H2,1-2H3/t9-,14-/m0/s1. The fourth-order valence-electron chi connectivity index (χ4n) is 2.31. The number of aromatic nitrogens is 1. The summed E-state index contributed by atoms with van der Waals surface area (Å²) in [6, 6.07) is 7.72. The molecule has 0 fully saturated rings. The number of carbonyl (C=O) groups is 1. The predicted molar refractivity (Wildman–Crippen MR) is 75.9 cm³/mol. The van der Waals surface area contributed by atoms with E-state index in [1.807, 2.05) is 38.1 Å². The lowest BCUT2D eigenvalue weighted by atomic mass is 9.98. The van der Waals surface area contributed by atoms with Gasteiger partial charge in [-0.2, -0.15) is 0 Å². The fraction of sp³-hybridized carbons (Fsp3) is 0.333. The number of esters is 1. The minimum Gasteiger partial charge on any atom is -0.478 e. The molecule has 0 saturated carbocycles. The largest absolute Gasteiger partial charge is 0.478 e. The lowest BCUT2D eigenvalue weighted by Crippen LogP contribution is -2.29. The summed E-state index contributed by atoms with van der Waals surface area (Å²) in [6.45, 7) is 4.16. The Morgan fingerprint density at radius 2 is 2.25 bits per heavy atom. The molecule has 0 amide bonds. The van der Waals surface area contributed by atoms with Crippen LogP contribution in [0.2, 0.25) is 0 Å². The Balaban J connectivity index is 1.64. The molecule has 0 N–H and O–H groups in total. The Hall–Kier alpha value is -1.88. The zero-order valence-electron chi connectivity index (χ0n) is 11.3. The molecule has 1 aliphatic heterocycles. The maximum atomic E-state index is 12.1. The molecule has 0 aliphatic carbocycles. The van der Waals surface area contributed by atoms with E-state index in [0.29, 0.717) is 0 Å². The van der Waals surface area contributed by atoms with Crippen LogP contribution in [0.5, 0.6) is 5.75 Å². The van der Waals surface area contributed by atoms with Crippen LogP contribution >= 0.6 is 11.3 Å². The van der Waals surface area contributed by atoms with Crippen molar-refractivity contribution in [1.82, 2.24) is 4.98 Å². The van der Waals surface area contributed by atoms with E-state index < -0.39 is 6.10 Å². The molecule has 3 rings (SSSR count). The summed E-state index contributed by atoms with van der Waals surface area (Å²) in [5, 5.41) is 0.967. The molecule has 2 atom stereocenters. The van der Waals surface area contributed by atoms with Crippen LogP contribution < -0.4 is 4.74 Å². The molecule has 2 aromatic rings. The van der Waals surface area contributed by atoms with Gasteiger partial charge in [-0.25, -0.2) is 9.78 Å². The number of ether oxygens (including phenoxy) is 2. The summed E-state index contributed by atoms with van der Waals surface area (Å²) in [5.74, 6) is 0.470. The quantitative estimate of drug-likeness (QED) is 0.815. The Morgan fingerprint density at radius 1 is 1.45 bits per heavy atom. The molecule has 0 bridgehead atoms. The summed E-state index contributed by atoms with van der Waals surface area (Å²) < 4.78 is 11.0. The summed E-state index contributed by atoms with van der Waals surface area (Å²) in [5.41, 5.74) is 1.06. The summed E-state index contributed by atoms with van der Waals surface area (Å²) in [7, 11) is 0. The van der Waals surface area contributed by atoms with Gasteiger partial charge in [-0.15, -0.1) is 11.3 Å². The van der Waals surface area contributed by atoms with Crippen LogP contribution in [0.25, 0.3) is 0 Å². The molecule has 4 nitrogen and oxygen atoms in total. The first-order chi connectivity index (χ1) is 9.65. The minimum absolute atomic E-state index is 0.0156. The van der Waals surface area contributed by atoms with Gasteiger partial charge >= 0.3 is 5.97 Å². The zero-order valence-corrected chi connectivity index (χ0v) is 12.1. The molecule has 5 heteroatoms. The molecule has 2 heterocycles. The van der Waals surface area contributed by atoms with Crippen molar-refractivity contribution in [3.05, 3.63) is 45.9 Å². The van der Waals surface area contributed by atoms with Crippen LogP contribution in [-0.4, -0.2) is 17.1 Å². The van der Waals surface area contributed by atoms with Gasteiger partial charge in [0.15, 0.2) is 0 Å². The van der Waals surface area contributed by atoms with E-state index in [4.69, 9.17) is 9.47 Å². The third kappa shape index (κ3) is 2.41. The average molecular weight is 289 g/mol. The molecule has 1 aliphatic rings. The second-order valence-electron chi connectivity index (χ2n) is 4.82. The lowest BCUT2D eigenvalue weighted by molar-refractivity contribution is -0.153. The topological polar surface area (TPSA) is 48.4 Å². The maximum Gasteiger partial charge on any atom is 0.348 e. The van der Waals surface area contributed by atoms with E-state index in [1.54, 1.807) is 6.20 Å². The Labute approximate surface area is 121 Å². The SMILES string of the molecule is Cc1ncc(COC(=O)[C@H]2Oc3ccccc3[C@@H]2C)s1. The van der Waals surface area contributed by atoms with E-state index >= 15 is 0 Å². The smallest absolute Gasteiger partial charge is 0.348 e. The highest BCUT2D eigenvalue weighted by Crippen LogP contribution is 2.38. The highest BCUT2D eigenvalue weighted by atomic mass is 32.1. The van der Waals surface area contributed by atoms with Crippen molar-refractivity contribution >= 4 is 17.3 Å². The molecule has 20 heavy (non-hydrogen) atoms. The van der Waals surface area contributed by atoms with E-state index in [0.717, 1.165) is 21.2 Å². The van der Waals surface area contributed by atoms with E-state index in [9.17, 15) is 4.79 Å². The molecule has 1 aromatic heterocycles. The first kappa shape index (κ1) is 13.1. The molecule has 1 aromatic carbocycles. The monoisotopic (exact) mass is 289 g/mol. The number of aryl methyl sites for hydroxylation is 1.